The first-order chi connectivity index (χ1) is 7.35. The molecule has 4 nitrogen and oxygen atoms in total. The minimum Gasteiger partial charge on any atom is -0.307 e. The third-order valence-corrected chi connectivity index (χ3v) is 2.27. The fourth-order valence-electron chi connectivity index (χ4n) is 1.56. The van der Waals surface area contributed by atoms with E-state index in [2.05, 4.69) is 22.3 Å². The normalized spacial score (nSPS) is 10.5. The standard InChI is InChI=1S/C11H14N4/c1-2-5-10-11(15-12)14-9-7-4-3-6-8(9)13-10/h3-4,6-7H,2,5,12H2,1H3,(H,14,15). The smallest absolute Gasteiger partial charge is 0.162 e. The summed E-state index contributed by atoms with van der Waals surface area (Å²) in [5, 5.41) is 0. The second kappa shape index (κ2) is 4.23. The Hall–Kier alpha value is -1.68. The van der Waals surface area contributed by atoms with E-state index in [1.165, 1.54) is 0 Å². The van der Waals surface area contributed by atoms with Crippen LogP contribution in [0, 0.1) is 0 Å². The molecule has 0 amide bonds. The second-order valence-corrected chi connectivity index (χ2v) is 3.40. The molecule has 0 bridgehead atoms. The van der Waals surface area contributed by atoms with Gasteiger partial charge in [-0.1, -0.05) is 25.5 Å². The van der Waals surface area contributed by atoms with Crippen LogP contribution in [0.4, 0.5) is 5.82 Å². The average Bonchev–Trinajstić information content (AvgIpc) is 2.28. The van der Waals surface area contributed by atoms with E-state index in [0.29, 0.717) is 5.82 Å². The number of nitrogens with two attached hydrogens (primary N) is 1. The van der Waals surface area contributed by atoms with Crippen LogP contribution in [0.3, 0.4) is 0 Å². The predicted molar refractivity (Wildman–Crippen MR) is 61.3 cm³/mol. The number of hydrogen-bond acceptors (Lipinski definition) is 4. The zero-order valence-corrected chi connectivity index (χ0v) is 8.70. The SMILES string of the molecule is CCCc1nc2ccccc2nc1NN. The lowest BCUT2D eigenvalue weighted by Crippen LogP contribution is -2.12. The van der Waals surface area contributed by atoms with Crippen LogP contribution in [0.5, 0.6) is 0 Å². The van der Waals surface area contributed by atoms with Crippen LogP contribution in [0.2, 0.25) is 0 Å². The molecule has 2 rings (SSSR count). The van der Waals surface area contributed by atoms with Crippen LogP contribution < -0.4 is 11.3 Å². The maximum absolute atomic E-state index is 5.42. The fraction of sp³-hybridized carbons (Fsp3) is 0.273. The Morgan fingerprint density at radius 3 is 2.47 bits per heavy atom. The number of nitrogens with zero attached hydrogens (tertiary/aromatic N) is 2. The third-order valence-electron chi connectivity index (χ3n) is 2.27. The highest BCUT2D eigenvalue weighted by atomic mass is 15.3. The molecule has 0 saturated heterocycles. The van der Waals surface area contributed by atoms with E-state index in [-0.39, 0.29) is 0 Å². The van der Waals surface area contributed by atoms with Gasteiger partial charge in [-0.2, -0.15) is 0 Å². The molecule has 15 heavy (non-hydrogen) atoms. The van der Waals surface area contributed by atoms with Crippen molar-refractivity contribution in [1.29, 1.82) is 0 Å². The molecule has 0 fully saturated rings. The molecule has 0 aliphatic carbocycles. The van der Waals surface area contributed by atoms with Crippen LogP contribution in [0.25, 0.3) is 11.0 Å². The molecule has 0 unspecified atom stereocenters. The Kier molecular flexibility index (Phi) is 2.78. The van der Waals surface area contributed by atoms with Crippen LogP contribution in [-0.2, 0) is 6.42 Å². The quantitative estimate of drug-likeness (QED) is 0.589. The molecule has 1 aromatic heterocycles. The van der Waals surface area contributed by atoms with E-state index in [4.69, 9.17) is 5.84 Å². The Labute approximate surface area is 88.5 Å². The van der Waals surface area contributed by atoms with Crippen LogP contribution in [0.1, 0.15) is 19.0 Å². The summed E-state index contributed by atoms with van der Waals surface area (Å²) in [5.41, 5.74) is 5.31. The Balaban J connectivity index is 2.58. The lowest BCUT2D eigenvalue weighted by molar-refractivity contribution is 0.881. The highest BCUT2D eigenvalue weighted by molar-refractivity contribution is 5.76. The Morgan fingerprint density at radius 1 is 1.20 bits per heavy atom. The summed E-state index contributed by atoms with van der Waals surface area (Å²) < 4.78 is 0. The zero-order chi connectivity index (χ0) is 10.7. The Bertz CT molecular complexity index is 467. The van der Waals surface area contributed by atoms with Crippen molar-refractivity contribution in [3.8, 4) is 0 Å². The molecule has 0 radical (unpaired) electrons. The van der Waals surface area contributed by atoms with E-state index >= 15 is 0 Å². The van der Waals surface area contributed by atoms with Gasteiger partial charge < -0.3 is 5.43 Å². The van der Waals surface area contributed by atoms with Gasteiger partial charge in [0.15, 0.2) is 5.82 Å². The highest BCUT2D eigenvalue weighted by Crippen LogP contribution is 2.16. The molecule has 0 aliphatic rings. The van der Waals surface area contributed by atoms with Crippen molar-refractivity contribution in [1.82, 2.24) is 9.97 Å². The summed E-state index contributed by atoms with van der Waals surface area (Å²) in [5.74, 6) is 6.10. The first kappa shape index (κ1) is 9.86. The molecule has 4 heteroatoms. The summed E-state index contributed by atoms with van der Waals surface area (Å²) in [6.45, 7) is 2.11. The van der Waals surface area contributed by atoms with Crippen LogP contribution in [-0.4, -0.2) is 9.97 Å². The topological polar surface area (TPSA) is 63.8 Å². The molecule has 0 saturated carbocycles. The van der Waals surface area contributed by atoms with Crippen molar-refractivity contribution in [3.63, 3.8) is 0 Å². The zero-order valence-electron chi connectivity index (χ0n) is 8.70. The van der Waals surface area contributed by atoms with Gasteiger partial charge in [0.1, 0.15) is 0 Å². The van der Waals surface area contributed by atoms with Gasteiger partial charge in [0, 0.05) is 0 Å². The predicted octanol–water partition coefficient (Wildman–Crippen LogP) is 1.87. The van der Waals surface area contributed by atoms with Crippen molar-refractivity contribution < 1.29 is 0 Å². The van der Waals surface area contributed by atoms with E-state index in [1.54, 1.807) is 0 Å². The van der Waals surface area contributed by atoms with Gasteiger partial charge in [-0.05, 0) is 18.6 Å². The van der Waals surface area contributed by atoms with Gasteiger partial charge >= 0.3 is 0 Å². The van der Waals surface area contributed by atoms with E-state index in [1.807, 2.05) is 24.3 Å². The van der Waals surface area contributed by atoms with Gasteiger partial charge in [-0.25, -0.2) is 15.8 Å². The lowest BCUT2D eigenvalue weighted by atomic mass is 10.2. The molecule has 1 heterocycles. The number of rotatable bonds is 3. The number of nitrogen functional groups attached to an aromatic ring is 1. The van der Waals surface area contributed by atoms with Crippen molar-refractivity contribution in [2.75, 3.05) is 5.43 Å². The van der Waals surface area contributed by atoms with Gasteiger partial charge in [-0.15, -0.1) is 0 Å². The second-order valence-electron chi connectivity index (χ2n) is 3.40. The number of anilines is 1. The van der Waals surface area contributed by atoms with Crippen molar-refractivity contribution in [3.05, 3.63) is 30.0 Å². The summed E-state index contributed by atoms with van der Waals surface area (Å²) in [7, 11) is 0. The van der Waals surface area contributed by atoms with Gasteiger partial charge in [0.2, 0.25) is 0 Å². The largest absolute Gasteiger partial charge is 0.307 e. The third kappa shape index (κ3) is 1.89. The number of hydrogen-bond donors (Lipinski definition) is 2. The summed E-state index contributed by atoms with van der Waals surface area (Å²) in [6, 6.07) is 7.79. The van der Waals surface area contributed by atoms with Crippen LogP contribution in [0.15, 0.2) is 24.3 Å². The summed E-state index contributed by atoms with van der Waals surface area (Å²) >= 11 is 0. The maximum Gasteiger partial charge on any atom is 0.162 e. The van der Waals surface area contributed by atoms with Gasteiger partial charge in [0.05, 0.1) is 16.7 Å². The number of aryl methyl sites for hydroxylation is 1. The minimum absolute atomic E-state index is 0.676. The van der Waals surface area contributed by atoms with Crippen LogP contribution >= 0.6 is 0 Å². The molecule has 3 N–H and O–H groups in total. The van der Waals surface area contributed by atoms with E-state index < -0.39 is 0 Å². The number of aromatic nitrogens is 2. The number of fused-ring (bicyclic) bond motifs is 1. The summed E-state index contributed by atoms with van der Waals surface area (Å²) in [4.78, 5) is 8.94. The lowest BCUT2D eigenvalue weighted by Gasteiger charge is -2.07. The highest BCUT2D eigenvalue weighted by Gasteiger charge is 2.05. The molecular weight excluding hydrogens is 188 g/mol. The molecule has 78 valence electrons. The number of benzene rings is 1. The monoisotopic (exact) mass is 202 g/mol. The fourth-order valence-corrected chi connectivity index (χ4v) is 1.56. The molecule has 0 atom stereocenters. The first-order valence-corrected chi connectivity index (χ1v) is 5.07. The number of para-hydroxylation sites is 2. The van der Waals surface area contributed by atoms with Crippen molar-refractivity contribution >= 4 is 16.9 Å². The molecule has 2 aromatic rings. The first-order valence-electron chi connectivity index (χ1n) is 5.07. The molecule has 0 spiro atoms. The van der Waals surface area contributed by atoms with Crippen molar-refractivity contribution in [2.45, 2.75) is 19.8 Å². The van der Waals surface area contributed by atoms with E-state index in [9.17, 15) is 0 Å². The number of nitrogens with one attached hydrogen (secondary N) is 1. The average molecular weight is 202 g/mol. The molecule has 1 aromatic carbocycles. The Morgan fingerprint density at radius 2 is 1.87 bits per heavy atom. The minimum atomic E-state index is 0.676. The molecular formula is C11H14N4. The number of hydrazine groups is 1. The maximum atomic E-state index is 5.42. The van der Waals surface area contributed by atoms with Crippen molar-refractivity contribution in [2.24, 2.45) is 5.84 Å². The summed E-state index contributed by atoms with van der Waals surface area (Å²) in [6.07, 6.45) is 1.92. The molecule has 0 aliphatic heterocycles. The van der Waals surface area contributed by atoms with Gasteiger partial charge in [0.25, 0.3) is 0 Å². The van der Waals surface area contributed by atoms with E-state index in [0.717, 1.165) is 29.6 Å². The van der Waals surface area contributed by atoms with Gasteiger partial charge in [-0.3, -0.25) is 0 Å².